The first kappa shape index (κ1) is 14.3. The van der Waals surface area contributed by atoms with Crippen molar-refractivity contribution in [3.63, 3.8) is 0 Å². The Morgan fingerprint density at radius 2 is 1.82 bits per heavy atom. The summed E-state index contributed by atoms with van der Waals surface area (Å²) >= 11 is 0. The lowest BCUT2D eigenvalue weighted by Crippen LogP contribution is -2.65. The molecule has 4 nitrogen and oxygen atoms in total. The predicted molar refractivity (Wildman–Crippen MR) is 71.2 cm³/mol. The van der Waals surface area contributed by atoms with Gasteiger partial charge in [-0.1, -0.05) is 6.92 Å². The molecule has 1 heterocycles. The third kappa shape index (κ3) is 3.60. The molecule has 100 valence electrons. The molecule has 1 aliphatic rings. The molecule has 0 atom stereocenters. The highest BCUT2D eigenvalue weighted by atomic mass is 16.2. The molecule has 0 radical (unpaired) electrons. The zero-order chi connectivity index (χ0) is 13.0. The van der Waals surface area contributed by atoms with Crippen molar-refractivity contribution >= 4 is 6.03 Å². The number of amides is 2. The van der Waals surface area contributed by atoms with E-state index in [1.54, 1.807) is 0 Å². The van der Waals surface area contributed by atoms with Gasteiger partial charge in [-0.3, -0.25) is 4.90 Å². The highest BCUT2D eigenvalue weighted by Gasteiger charge is 2.36. The van der Waals surface area contributed by atoms with Crippen LogP contribution in [-0.4, -0.2) is 53.6 Å². The van der Waals surface area contributed by atoms with Crippen LogP contribution in [0.1, 0.15) is 41.0 Å². The first-order chi connectivity index (χ1) is 7.97. The molecule has 0 aromatic heterocycles. The Morgan fingerprint density at radius 3 is 2.24 bits per heavy atom. The summed E-state index contributed by atoms with van der Waals surface area (Å²) in [6, 6.07) is 1.71. The van der Waals surface area contributed by atoms with Gasteiger partial charge in [-0.25, -0.2) is 4.79 Å². The van der Waals surface area contributed by atoms with E-state index in [-0.39, 0.29) is 6.03 Å². The van der Waals surface area contributed by atoms with Gasteiger partial charge in [-0.15, -0.1) is 0 Å². The average Bonchev–Trinajstić information content (AvgIpc) is 2.17. The van der Waals surface area contributed by atoms with Crippen LogP contribution in [0.25, 0.3) is 0 Å². The van der Waals surface area contributed by atoms with Crippen molar-refractivity contribution < 1.29 is 4.79 Å². The molecule has 17 heavy (non-hydrogen) atoms. The van der Waals surface area contributed by atoms with Gasteiger partial charge in [0.25, 0.3) is 0 Å². The van der Waals surface area contributed by atoms with Crippen LogP contribution in [-0.2, 0) is 0 Å². The maximum absolute atomic E-state index is 11.7. The molecule has 1 rings (SSSR count). The molecule has 4 heteroatoms. The number of urea groups is 1. The van der Waals surface area contributed by atoms with Gasteiger partial charge >= 0.3 is 6.03 Å². The Hall–Kier alpha value is -0.770. The third-order valence-corrected chi connectivity index (χ3v) is 3.29. The second-order valence-electron chi connectivity index (χ2n) is 5.43. The zero-order valence-corrected chi connectivity index (χ0v) is 11.9. The molecule has 0 bridgehead atoms. The Labute approximate surface area is 105 Å². The zero-order valence-electron chi connectivity index (χ0n) is 11.9. The molecule has 0 spiro atoms. The van der Waals surface area contributed by atoms with Crippen LogP contribution in [0.5, 0.6) is 0 Å². The molecule has 0 aromatic carbocycles. The summed E-state index contributed by atoms with van der Waals surface area (Å²) in [6.45, 7) is 13.5. The highest BCUT2D eigenvalue weighted by molar-refractivity contribution is 5.75. The minimum atomic E-state index is 0.0931. The van der Waals surface area contributed by atoms with Gasteiger partial charge in [0.15, 0.2) is 0 Å². The van der Waals surface area contributed by atoms with E-state index in [1.807, 2.05) is 4.90 Å². The van der Waals surface area contributed by atoms with Crippen LogP contribution in [0.4, 0.5) is 4.79 Å². The number of carbonyl (C=O) groups excluding carboxylic acids is 1. The minimum absolute atomic E-state index is 0.0931. The van der Waals surface area contributed by atoms with E-state index in [1.165, 1.54) is 0 Å². The van der Waals surface area contributed by atoms with E-state index in [9.17, 15) is 4.79 Å². The van der Waals surface area contributed by atoms with Gasteiger partial charge in [0.2, 0.25) is 0 Å². The number of nitrogens with one attached hydrogen (secondary N) is 1. The van der Waals surface area contributed by atoms with Crippen LogP contribution in [0.3, 0.4) is 0 Å². The predicted octanol–water partition coefficient (Wildman–Crippen LogP) is 1.91. The fraction of sp³-hybridized carbons (Fsp3) is 0.923. The molecule has 1 saturated heterocycles. The van der Waals surface area contributed by atoms with Crippen LogP contribution in [0.15, 0.2) is 0 Å². The van der Waals surface area contributed by atoms with E-state index < -0.39 is 0 Å². The molecular formula is C13H27N3O. The topological polar surface area (TPSA) is 35.6 Å². The SMILES string of the molecule is CCCNC(=O)N1CC(N(C(C)C)C(C)C)C1. The molecule has 0 aromatic rings. The highest BCUT2D eigenvalue weighted by Crippen LogP contribution is 2.20. The van der Waals surface area contributed by atoms with Crippen molar-refractivity contribution in [2.45, 2.75) is 59.2 Å². The average molecular weight is 241 g/mol. The maximum atomic E-state index is 11.7. The number of carbonyl (C=O) groups is 1. The quantitative estimate of drug-likeness (QED) is 0.798. The minimum Gasteiger partial charge on any atom is -0.338 e. The fourth-order valence-electron chi connectivity index (χ4n) is 2.59. The van der Waals surface area contributed by atoms with Crippen LogP contribution in [0.2, 0.25) is 0 Å². The normalized spacial score (nSPS) is 16.8. The second kappa shape index (κ2) is 6.24. The number of rotatable bonds is 5. The molecule has 1 aliphatic heterocycles. The summed E-state index contributed by atoms with van der Waals surface area (Å²) in [5, 5.41) is 2.92. The first-order valence-corrected chi connectivity index (χ1v) is 6.77. The number of likely N-dealkylation sites (tertiary alicyclic amines) is 1. The molecule has 0 aliphatic carbocycles. The monoisotopic (exact) mass is 241 g/mol. The number of nitrogens with zero attached hydrogens (tertiary/aromatic N) is 2. The van der Waals surface area contributed by atoms with Gasteiger partial charge in [-0.05, 0) is 34.1 Å². The van der Waals surface area contributed by atoms with Crippen molar-refractivity contribution in [1.82, 2.24) is 15.1 Å². The van der Waals surface area contributed by atoms with E-state index >= 15 is 0 Å². The first-order valence-electron chi connectivity index (χ1n) is 6.77. The number of hydrogen-bond acceptors (Lipinski definition) is 2. The summed E-state index contributed by atoms with van der Waals surface area (Å²) in [6.07, 6.45) is 0.993. The largest absolute Gasteiger partial charge is 0.338 e. The lowest BCUT2D eigenvalue weighted by Gasteiger charge is -2.48. The molecule has 0 saturated carbocycles. The van der Waals surface area contributed by atoms with Gasteiger partial charge < -0.3 is 10.2 Å². The van der Waals surface area contributed by atoms with Gasteiger partial charge in [0.05, 0.1) is 0 Å². The Kier molecular flexibility index (Phi) is 5.25. The molecule has 1 N–H and O–H groups in total. The molecule has 0 unspecified atom stereocenters. The summed E-state index contributed by atoms with van der Waals surface area (Å²) in [4.78, 5) is 16.1. The van der Waals surface area contributed by atoms with Crippen molar-refractivity contribution in [3.8, 4) is 0 Å². The van der Waals surface area contributed by atoms with Crippen LogP contribution < -0.4 is 5.32 Å². The fourth-order valence-corrected chi connectivity index (χ4v) is 2.59. The summed E-state index contributed by atoms with van der Waals surface area (Å²) < 4.78 is 0. The van der Waals surface area contributed by atoms with Crippen molar-refractivity contribution in [2.75, 3.05) is 19.6 Å². The van der Waals surface area contributed by atoms with E-state index in [2.05, 4.69) is 44.8 Å². The smallest absolute Gasteiger partial charge is 0.317 e. The maximum Gasteiger partial charge on any atom is 0.317 e. The third-order valence-electron chi connectivity index (χ3n) is 3.29. The van der Waals surface area contributed by atoms with Crippen molar-refractivity contribution in [1.29, 1.82) is 0 Å². The second-order valence-corrected chi connectivity index (χ2v) is 5.43. The summed E-state index contributed by atoms with van der Waals surface area (Å²) in [7, 11) is 0. The Bertz CT molecular complexity index is 239. The molecule has 1 fully saturated rings. The van der Waals surface area contributed by atoms with E-state index in [4.69, 9.17) is 0 Å². The lowest BCUT2D eigenvalue weighted by molar-refractivity contribution is 0.0172. The molecule has 2 amide bonds. The Balaban J connectivity index is 2.37. The van der Waals surface area contributed by atoms with Gasteiger partial charge in [0, 0.05) is 37.8 Å². The van der Waals surface area contributed by atoms with Gasteiger partial charge in [0.1, 0.15) is 0 Å². The number of hydrogen-bond donors (Lipinski definition) is 1. The van der Waals surface area contributed by atoms with Crippen molar-refractivity contribution in [3.05, 3.63) is 0 Å². The van der Waals surface area contributed by atoms with Crippen LogP contribution >= 0.6 is 0 Å². The summed E-state index contributed by atoms with van der Waals surface area (Å²) in [5.74, 6) is 0. The van der Waals surface area contributed by atoms with Gasteiger partial charge in [-0.2, -0.15) is 0 Å². The van der Waals surface area contributed by atoms with E-state index in [0.29, 0.717) is 18.1 Å². The summed E-state index contributed by atoms with van der Waals surface area (Å²) in [5.41, 5.74) is 0. The standard InChI is InChI=1S/C13H27N3O/c1-6-7-14-13(17)15-8-12(9-15)16(10(2)3)11(4)5/h10-12H,6-9H2,1-5H3,(H,14,17). The van der Waals surface area contributed by atoms with E-state index in [0.717, 1.165) is 26.1 Å². The van der Waals surface area contributed by atoms with Crippen LogP contribution in [0, 0.1) is 0 Å². The lowest BCUT2D eigenvalue weighted by atomic mass is 10.0. The van der Waals surface area contributed by atoms with Crippen molar-refractivity contribution in [2.24, 2.45) is 0 Å². The Morgan fingerprint density at radius 1 is 1.29 bits per heavy atom. The molecular weight excluding hydrogens is 214 g/mol.